The highest BCUT2D eigenvalue weighted by Crippen LogP contribution is 2.33. The minimum Gasteiger partial charge on any atom is -0.458 e. The first-order chi connectivity index (χ1) is 15.9. The predicted molar refractivity (Wildman–Crippen MR) is 143 cm³/mol. The van der Waals surface area contributed by atoms with Crippen molar-refractivity contribution in [2.45, 2.75) is 71.6 Å². The van der Waals surface area contributed by atoms with Gasteiger partial charge in [0.25, 0.3) is 0 Å². The van der Waals surface area contributed by atoms with Crippen molar-refractivity contribution in [1.82, 2.24) is 4.90 Å². The molecule has 0 saturated carbocycles. The molecule has 2 aromatic rings. The van der Waals surface area contributed by atoms with Gasteiger partial charge in [0, 0.05) is 22.1 Å². The fourth-order valence-corrected chi connectivity index (χ4v) is 3.79. The van der Waals surface area contributed by atoms with E-state index in [9.17, 15) is 9.59 Å². The second kappa shape index (κ2) is 10.9. The van der Waals surface area contributed by atoms with Gasteiger partial charge < -0.3 is 14.2 Å². The van der Waals surface area contributed by atoms with E-state index in [1.807, 2.05) is 0 Å². The van der Waals surface area contributed by atoms with Crippen LogP contribution in [0.15, 0.2) is 36.4 Å². The van der Waals surface area contributed by atoms with Crippen LogP contribution in [0, 0.1) is 9.39 Å². The van der Waals surface area contributed by atoms with Gasteiger partial charge in [0.15, 0.2) is 11.6 Å². The molecule has 192 valence electrons. The van der Waals surface area contributed by atoms with Gasteiger partial charge in [0.05, 0.1) is 0 Å². The van der Waals surface area contributed by atoms with Crippen LogP contribution in [0.1, 0.15) is 54.0 Å². The lowest BCUT2D eigenvalue weighted by Crippen LogP contribution is -2.57. The molecule has 1 atom stereocenters. The summed E-state index contributed by atoms with van der Waals surface area (Å²) in [6.45, 7) is 12.0. The number of halogens is 3. The number of hydrogen-bond donors (Lipinski definition) is 0. The third-order valence-electron chi connectivity index (χ3n) is 4.92. The molecule has 0 aliphatic carbocycles. The lowest BCUT2D eigenvalue weighted by atomic mass is 9.91. The summed E-state index contributed by atoms with van der Waals surface area (Å²) in [7, 11) is 1.47. The molecule has 2 rings (SSSR count). The van der Waals surface area contributed by atoms with E-state index in [-0.39, 0.29) is 12.2 Å². The number of nitrogens with zero attached hydrogens (tertiary/aromatic N) is 1. The molecule has 2 aromatic carbocycles. The Morgan fingerprint density at radius 3 is 2.03 bits per heavy atom. The molecule has 0 spiro atoms. The van der Waals surface area contributed by atoms with Crippen LogP contribution in [-0.2, 0) is 20.7 Å². The largest absolute Gasteiger partial charge is 0.458 e. The molecule has 0 aliphatic heterocycles. The number of esters is 1. The number of carbonyl (C=O) groups is 2. The smallest absolute Gasteiger partial charge is 0.410 e. The summed E-state index contributed by atoms with van der Waals surface area (Å²) in [4.78, 5) is 27.4. The zero-order valence-electron chi connectivity index (χ0n) is 21.3. The Bertz CT molecular complexity index is 1080. The molecule has 0 N–H and O–H groups in total. The van der Waals surface area contributed by atoms with E-state index < -0.39 is 34.6 Å². The van der Waals surface area contributed by atoms with E-state index in [1.54, 1.807) is 78.8 Å². The summed E-state index contributed by atoms with van der Waals surface area (Å²) >= 11 is 7.95. The molecular formula is C26H32ClFINO5. The van der Waals surface area contributed by atoms with Crippen LogP contribution >= 0.6 is 34.2 Å². The van der Waals surface area contributed by atoms with Crippen molar-refractivity contribution in [2.24, 2.45) is 0 Å². The van der Waals surface area contributed by atoms with Crippen molar-refractivity contribution in [1.29, 1.82) is 0 Å². The molecule has 0 aliphatic rings. The Labute approximate surface area is 225 Å². The Balaban J connectivity index is 2.42. The molecule has 0 aromatic heterocycles. The number of amides is 1. The Morgan fingerprint density at radius 1 is 0.971 bits per heavy atom. The third-order valence-corrected chi connectivity index (χ3v) is 6.18. The number of rotatable bonds is 6. The van der Waals surface area contributed by atoms with Crippen molar-refractivity contribution >= 4 is 46.3 Å². The Hall–Kier alpha value is -2.07. The molecule has 1 unspecified atom stereocenters. The molecule has 35 heavy (non-hydrogen) atoms. The van der Waals surface area contributed by atoms with Crippen LogP contribution in [-0.4, -0.2) is 40.8 Å². The average Bonchev–Trinajstić information content (AvgIpc) is 2.70. The first-order valence-corrected chi connectivity index (χ1v) is 12.5. The van der Waals surface area contributed by atoms with E-state index in [0.717, 1.165) is 0 Å². The maximum atomic E-state index is 15.0. The van der Waals surface area contributed by atoms with Crippen molar-refractivity contribution in [3.63, 3.8) is 0 Å². The second-order valence-corrected chi connectivity index (χ2v) is 12.0. The summed E-state index contributed by atoms with van der Waals surface area (Å²) < 4.78 is 32.5. The fourth-order valence-electron chi connectivity index (χ4n) is 3.03. The monoisotopic (exact) mass is 619 g/mol. The number of likely N-dealkylation sites (N-methyl/N-ethyl adjacent to an activating group) is 1. The van der Waals surface area contributed by atoms with Crippen molar-refractivity contribution in [3.8, 4) is 11.5 Å². The highest BCUT2D eigenvalue weighted by atomic mass is 127. The van der Waals surface area contributed by atoms with Crippen LogP contribution < -0.4 is 4.74 Å². The van der Waals surface area contributed by atoms with Gasteiger partial charge in [-0.15, -0.1) is 0 Å². The summed E-state index contributed by atoms with van der Waals surface area (Å²) in [6, 6.07) is 9.41. The van der Waals surface area contributed by atoms with E-state index in [4.69, 9.17) is 25.8 Å². The standard InChI is InChI=1S/C26H32ClFINO5/c1-24(2,3)34-22(31)26(7,30(8)23(32)35-25(4,5)6)15-16-13-19(28)21(14-20(16)29)33-18-11-9-17(27)10-12-18/h9-14H,15H2,1-8H3. The van der Waals surface area contributed by atoms with Gasteiger partial charge >= 0.3 is 12.1 Å². The molecule has 0 radical (unpaired) electrons. The van der Waals surface area contributed by atoms with Crippen LogP contribution in [0.25, 0.3) is 0 Å². The van der Waals surface area contributed by atoms with Gasteiger partial charge in [-0.1, -0.05) is 11.6 Å². The maximum absolute atomic E-state index is 15.0. The minimum atomic E-state index is -1.47. The topological polar surface area (TPSA) is 65.1 Å². The molecule has 0 heterocycles. The van der Waals surface area contributed by atoms with Gasteiger partial charge in [-0.3, -0.25) is 4.90 Å². The predicted octanol–water partition coefficient (Wildman–Crippen LogP) is 7.39. The molecule has 0 fully saturated rings. The zero-order chi connectivity index (χ0) is 26.8. The lowest BCUT2D eigenvalue weighted by molar-refractivity contribution is -0.167. The van der Waals surface area contributed by atoms with Crippen LogP contribution in [0.5, 0.6) is 11.5 Å². The van der Waals surface area contributed by atoms with Crippen LogP contribution in [0.2, 0.25) is 5.02 Å². The van der Waals surface area contributed by atoms with Crippen LogP contribution in [0.4, 0.5) is 9.18 Å². The van der Waals surface area contributed by atoms with Crippen LogP contribution in [0.3, 0.4) is 0 Å². The molecule has 0 bridgehead atoms. The summed E-state index contributed by atoms with van der Waals surface area (Å²) in [6.07, 6.45) is -0.697. The quantitative estimate of drug-likeness (QED) is 0.249. The number of hydrogen-bond acceptors (Lipinski definition) is 5. The Kier molecular flexibility index (Phi) is 9.08. The van der Waals surface area contributed by atoms with E-state index in [2.05, 4.69) is 22.6 Å². The second-order valence-electron chi connectivity index (χ2n) is 10.4. The zero-order valence-corrected chi connectivity index (χ0v) is 24.2. The summed E-state index contributed by atoms with van der Waals surface area (Å²) in [5.74, 6) is -0.780. The van der Waals surface area contributed by atoms with Crippen molar-refractivity contribution in [2.75, 3.05) is 7.05 Å². The van der Waals surface area contributed by atoms with E-state index in [1.165, 1.54) is 18.0 Å². The third kappa shape index (κ3) is 8.24. The first kappa shape index (κ1) is 29.2. The van der Waals surface area contributed by atoms with Gasteiger partial charge in [-0.2, -0.15) is 0 Å². The summed E-state index contributed by atoms with van der Waals surface area (Å²) in [5, 5.41) is 0.540. The van der Waals surface area contributed by atoms with Gasteiger partial charge in [-0.05, 0) is 113 Å². The van der Waals surface area contributed by atoms with Crippen molar-refractivity contribution < 1.29 is 28.2 Å². The fraction of sp³-hybridized carbons (Fsp3) is 0.462. The minimum absolute atomic E-state index is 0.00588. The van der Waals surface area contributed by atoms with Gasteiger partial charge in [0.1, 0.15) is 22.5 Å². The SMILES string of the molecule is CN(C(=O)OC(C)(C)C)C(C)(Cc1cc(F)c(Oc2ccc(Cl)cc2)cc1I)C(=O)OC(C)(C)C. The normalized spacial score (nSPS) is 13.6. The number of ether oxygens (including phenoxy) is 3. The highest BCUT2D eigenvalue weighted by molar-refractivity contribution is 14.1. The Morgan fingerprint density at radius 2 is 1.51 bits per heavy atom. The van der Waals surface area contributed by atoms with E-state index in [0.29, 0.717) is 19.9 Å². The number of carbonyl (C=O) groups excluding carboxylic acids is 2. The average molecular weight is 620 g/mol. The highest BCUT2D eigenvalue weighted by Gasteiger charge is 2.45. The summed E-state index contributed by atoms with van der Waals surface area (Å²) in [5.41, 5.74) is -2.51. The number of benzene rings is 2. The molecule has 1 amide bonds. The molecular weight excluding hydrogens is 588 g/mol. The van der Waals surface area contributed by atoms with Gasteiger partial charge in [0.2, 0.25) is 0 Å². The maximum Gasteiger partial charge on any atom is 0.410 e. The lowest BCUT2D eigenvalue weighted by Gasteiger charge is -2.39. The van der Waals surface area contributed by atoms with E-state index >= 15 is 4.39 Å². The molecule has 9 heteroatoms. The first-order valence-electron chi connectivity index (χ1n) is 11.0. The molecule has 6 nitrogen and oxygen atoms in total. The van der Waals surface area contributed by atoms with Crippen molar-refractivity contribution in [3.05, 3.63) is 56.4 Å². The van der Waals surface area contributed by atoms with Gasteiger partial charge in [-0.25, -0.2) is 14.0 Å². The molecule has 0 saturated heterocycles.